The minimum Gasteiger partial charge on any atom is -0.462 e. The molecule has 1 saturated carbocycles. The normalized spacial score (nSPS) is 22.0. The molecule has 0 saturated heterocycles. The highest BCUT2D eigenvalue weighted by atomic mass is 16.5. The number of rotatable bonds is 4. The second-order valence-corrected chi connectivity index (χ2v) is 7.34. The van der Waals surface area contributed by atoms with Gasteiger partial charge in [0.05, 0.1) is 18.3 Å². The fraction of sp³-hybridized carbons (Fsp3) is 0.684. The van der Waals surface area contributed by atoms with Crippen molar-refractivity contribution in [2.45, 2.75) is 70.8 Å². The lowest BCUT2D eigenvalue weighted by Gasteiger charge is -2.30. The summed E-state index contributed by atoms with van der Waals surface area (Å²) in [5.74, 6) is 0.120. The molecular weight excluding hydrogens is 290 g/mol. The highest BCUT2D eigenvalue weighted by Gasteiger charge is 2.28. The van der Waals surface area contributed by atoms with Crippen LogP contribution in [0.15, 0.2) is 12.3 Å². The van der Waals surface area contributed by atoms with Crippen molar-refractivity contribution in [3.63, 3.8) is 0 Å². The molecule has 0 spiro atoms. The summed E-state index contributed by atoms with van der Waals surface area (Å²) >= 11 is 0. The van der Waals surface area contributed by atoms with Crippen LogP contribution in [0.2, 0.25) is 0 Å². The van der Waals surface area contributed by atoms with E-state index in [1.165, 1.54) is 0 Å². The maximum Gasteiger partial charge on any atom is 0.339 e. The minimum atomic E-state index is -0.260. The summed E-state index contributed by atoms with van der Waals surface area (Å²) < 4.78 is 10.7. The molecule has 2 rings (SSSR count). The number of hydrogen-bond donors (Lipinski definition) is 0. The zero-order chi connectivity index (χ0) is 17.0. The number of carbonyl (C=O) groups is 1. The Hall–Kier alpha value is -1.42. The molecule has 23 heavy (non-hydrogen) atoms. The predicted molar refractivity (Wildman–Crippen MR) is 90.9 cm³/mol. The number of aromatic nitrogens is 1. The van der Waals surface area contributed by atoms with E-state index in [0.29, 0.717) is 24.2 Å². The molecule has 1 aromatic rings. The average Bonchev–Trinajstić information content (AvgIpc) is 2.54. The second-order valence-electron chi connectivity index (χ2n) is 7.34. The third kappa shape index (κ3) is 4.31. The van der Waals surface area contributed by atoms with E-state index in [-0.39, 0.29) is 11.4 Å². The molecule has 1 aliphatic carbocycles. The van der Waals surface area contributed by atoms with Crippen molar-refractivity contribution in [2.24, 2.45) is 0 Å². The van der Waals surface area contributed by atoms with E-state index >= 15 is 0 Å². The van der Waals surface area contributed by atoms with Crippen molar-refractivity contribution in [1.82, 2.24) is 4.98 Å². The summed E-state index contributed by atoms with van der Waals surface area (Å²) in [5.41, 5.74) is 2.71. The SMILES string of the molecule is CCOC(=O)c1cnc(C(C)(C)C)cc1C1CCC(OC)CC1. The standard InChI is InChI=1S/C19H29NO3/c1-6-23-18(21)16-12-20-17(19(2,3)4)11-15(16)13-7-9-14(22-5)10-8-13/h11-14H,6-10H2,1-5H3. The number of hydrogen-bond acceptors (Lipinski definition) is 4. The van der Waals surface area contributed by atoms with E-state index in [4.69, 9.17) is 9.47 Å². The Morgan fingerprint density at radius 2 is 1.91 bits per heavy atom. The van der Waals surface area contributed by atoms with Gasteiger partial charge in [-0.3, -0.25) is 4.98 Å². The zero-order valence-corrected chi connectivity index (χ0v) is 15.0. The van der Waals surface area contributed by atoms with E-state index in [1.54, 1.807) is 13.3 Å². The number of methoxy groups -OCH3 is 1. The fourth-order valence-electron chi connectivity index (χ4n) is 3.21. The van der Waals surface area contributed by atoms with E-state index < -0.39 is 0 Å². The summed E-state index contributed by atoms with van der Waals surface area (Å²) in [6.45, 7) is 8.65. The maximum absolute atomic E-state index is 12.3. The van der Waals surface area contributed by atoms with Crippen LogP contribution in [0, 0.1) is 0 Å². The van der Waals surface area contributed by atoms with Crippen LogP contribution >= 0.6 is 0 Å². The lowest BCUT2D eigenvalue weighted by molar-refractivity contribution is 0.0519. The van der Waals surface area contributed by atoms with Gasteiger partial charge in [-0.1, -0.05) is 20.8 Å². The van der Waals surface area contributed by atoms with Gasteiger partial charge in [-0.2, -0.15) is 0 Å². The summed E-state index contributed by atoms with van der Waals surface area (Å²) in [7, 11) is 1.78. The van der Waals surface area contributed by atoms with Crippen LogP contribution < -0.4 is 0 Å². The molecule has 1 heterocycles. The van der Waals surface area contributed by atoms with Gasteiger partial charge in [0, 0.05) is 24.4 Å². The highest BCUT2D eigenvalue weighted by Crippen LogP contribution is 2.37. The van der Waals surface area contributed by atoms with Crippen molar-refractivity contribution < 1.29 is 14.3 Å². The van der Waals surface area contributed by atoms with Gasteiger partial charge < -0.3 is 9.47 Å². The molecule has 4 nitrogen and oxygen atoms in total. The molecule has 128 valence electrons. The van der Waals surface area contributed by atoms with Gasteiger partial charge in [0.1, 0.15) is 0 Å². The monoisotopic (exact) mass is 319 g/mol. The third-order valence-corrected chi connectivity index (χ3v) is 4.65. The summed E-state index contributed by atoms with van der Waals surface area (Å²) in [5, 5.41) is 0. The molecular formula is C19H29NO3. The predicted octanol–water partition coefficient (Wildman–Crippen LogP) is 4.23. The van der Waals surface area contributed by atoms with Crippen LogP contribution in [-0.4, -0.2) is 30.8 Å². The molecule has 0 aliphatic heterocycles. The molecule has 0 aromatic carbocycles. The molecule has 1 fully saturated rings. The van der Waals surface area contributed by atoms with Crippen molar-refractivity contribution in [3.05, 3.63) is 29.1 Å². The maximum atomic E-state index is 12.3. The van der Waals surface area contributed by atoms with Crippen LogP contribution in [0.1, 0.15) is 80.9 Å². The van der Waals surface area contributed by atoms with E-state index in [1.807, 2.05) is 6.92 Å². The van der Waals surface area contributed by atoms with Gasteiger partial charge in [-0.25, -0.2) is 4.79 Å². The smallest absolute Gasteiger partial charge is 0.339 e. The lowest BCUT2D eigenvalue weighted by Crippen LogP contribution is -2.22. The van der Waals surface area contributed by atoms with Gasteiger partial charge in [0.2, 0.25) is 0 Å². The molecule has 0 bridgehead atoms. The molecule has 0 atom stereocenters. The molecule has 0 radical (unpaired) electrons. The summed E-state index contributed by atoms with van der Waals surface area (Å²) in [6, 6.07) is 2.12. The minimum absolute atomic E-state index is 0.0360. The third-order valence-electron chi connectivity index (χ3n) is 4.65. The fourth-order valence-corrected chi connectivity index (χ4v) is 3.21. The Bertz CT molecular complexity index is 540. The van der Waals surface area contributed by atoms with Crippen LogP contribution in [0.3, 0.4) is 0 Å². The Morgan fingerprint density at radius 1 is 1.26 bits per heavy atom. The summed E-state index contributed by atoms with van der Waals surface area (Å²) in [4.78, 5) is 16.8. The van der Waals surface area contributed by atoms with Crippen LogP contribution in [0.25, 0.3) is 0 Å². The van der Waals surface area contributed by atoms with Crippen molar-refractivity contribution in [3.8, 4) is 0 Å². The van der Waals surface area contributed by atoms with E-state index in [9.17, 15) is 4.79 Å². The highest BCUT2D eigenvalue weighted by molar-refractivity contribution is 5.91. The molecule has 4 heteroatoms. The van der Waals surface area contributed by atoms with Gasteiger partial charge in [-0.05, 0) is 50.2 Å². The first-order chi connectivity index (χ1) is 10.9. The van der Waals surface area contributed by atoms with Crippen molar-refractivity contribution >= 4 is 5.97 Å². The Balaban J connectivity index is 2.34. The summed E-state index contributed by atoms with van der Waals surface area (Å²) in [6.07, 6.45) is 6.21. The van der Waals surface area contributed by atoms with Crippen LogP contribution in [0.4, 0.5) is 0 Å². The number of pyridine rings is 1. The van der Waals surface area contributed by atoms with Crippen LogP contribution in [0.5, 0.6) is 0 Å². The first-order valence-corrected chi connectivity index (χ1v) is 8.57. The Kier molecular flexibility index (Phi) is 5.79. The Morgan fingerprint density at radius 3 is 2.43 bits per heavy atom. The van der Waals surface area contributed by atoms with Gasteiger partial charge in [-0.15, -0.1) is 0 Å². The number of ether oxygens (including phenoxy) is 2. The van der Waals surface area contributed by atoms with Crippen molar-refractivity contribution in [1.29, 1.82) is 0 Å². The molecule has 0 N–H and O–H groups in total. The number of carbonyl (C=O) groups excluding carboxylic acids is 1. The zero-order valence-electron chi connectivity index (χ0n) is 15.0. The number of nitrogens with zero attached hydrogens (tertiary/aromatic N) is 1. The second kappa shape index (κ2) is 7.43. The number of esters is 1. The molecule has 0 unspecified atom stereocenters. The lowest BCUT2D eigenvalue weighted by atomic mass is 9.79. The molecule has 1 aliphatic rings. The van der Waals surface area contributed by atoms with Gasteiger partial charge in [0.25, 0.3) is 0 Å². The van der Waals surface area contributed by atoms with Gasteiger partial charge >= 0.3 is 5.97 Å². The topological polar surface area (TPSA) is 48.4 Å². The van der Waals surface area contributed by atoms with E-state index in [2.05, 4.69) is 31.8 Å². The van der Waals surface area contributed by atoms with Crippen molar-refractivity contribution in [2.75, 3.05) is 13.7 Å². The molecule has 0 amide bonds. The largest absolute Gasteiger partial charge is 0.462 e. The Labute approximate surface area is 139 Å². The van der Waals surface area contributed by atoms with Crippen LogP contribution in [-0.2, 0) is 14.9 Å². The average molecular weight is 319 g/mol. The molecule has 1 aromatic heterocycles. The quantitative estimate of drug-likeness (QED) is 0.779. The van der Waals surface area contributed by atoms with Gasteiger partial charge in [0.15, 0.2) is 0 Å². The first-order valence-electron chi connectivity index (χ1n) is 8.57. The van der Waals surface area contributed by atoms with E-state index in [0.717, 1.165) is 36.9 Å². The first kappa shape index (κ1) is 17.9.